The summed E-state index contributed by atoms with van der Waals surface area (Å²) in [7, 11) is 0. The predicted octanol–water partition coefficient (Wildman–Crippen LogP) is 4.78. The van der Waals surface area contributed by atoms with Crippen molar-refractivity contribution in [2.75, 3.05) is 5.73 Å². The number of nitrogens with zero attached hydrogens (tertiary/aromatic N) is 5. The van der Waals surface area contributed by atoms with Crippen LogP contribution in [0.5, 0.6) is 0 Å². The molecule has 0 saturated carbocycles. The van der Waals surface area contributed by atoms with E-state index in [2.05, 4.69) is 20.1 Å². The fraction of sp³-hybridized carbons (Fsp3) is 0.257. The van der Waals surface area contributed by atoms with Crippen LogP contribution in [0.15, 0.2) is 109 Å². The van der Waals surface area contributed by atoms with Gasteiger partial charge in [0.15, 0.2) is 40.6 Å². The average Bonchev–Trinajstić information content (AvgIpc) is 3.76. The Balaban J connectivity index is 1.40. The van der Waals surface area contributed by atoms with Gasteiger partial charge in [0.1, 0.15) is 36.6 Å². The molecule has 12 heteroatoms. The molecule has 0 amide bonds. The van der Waals surface area contributed by atoms with Gasteiger partial charge in [-0.3, -0.25) is 14.2 Å². The Bertz CT molecular complexity index is 1930. The zero-order valence-corrected chi connectivity index (χ0v) is 25.7. The molecule has 3 aromatic carbocycles. The van der Waals surface area contributed by atoms with Crippen molar-refractivity contribution in [3.8, 4) is 0 Å². The monoisotopic (exact) mass is 632 g/mol. The number of nitrogen functional groups attached to an aromatic ring is 1. The van der Waals surface area contributed by atoms with E-state index in [4.69, 9.17) is 24.8 Å². The molecule has 5 aromatic rings. The van der Waals surface area contributed by atoms with E-state index >= 15 is 4.79 Å². The number of hydrogen-bond acceptors (Lipinski definition) is 11. The number of benzene rings is 3. The lowest BCUT2D eigenvalue weighted by Gasteiger charge is -2.37. The molecule has 0 radical (unpaired) electrons. The fourth-order valence-electron chi connectivity index (χ4n) is 6.27. The van der Waals surface area contributed by atoms with Crippen LogP contribution in [0, 0.1) is 5.92 Å². The summed E-state index contributed by atoms with van der Waals surface area (Å²) >= 11 is 0. The zero-order chi connectivity index (χ0) is 32.6. The number of fused-ring (bicyclic) bond motifs is 2. The van der Waals surface area contributed by atoms with E-state index in [9.17, 15) is 4.79 Å². The maximum absolute atomic E-state index is 15.0. The van der Waals surface area contributed by atoms with Gasteiger partial charge < -0.3 is 24.8 Å². The molecule has 0 aliphatic carbocycles. The lowest BCUT2D eigenvalue weighted by molar-refractivity contribution is -0.211. The molecule has 5 atom stereocenters. The zero-order valence-electron chi connectivity index (χ0n) is 25.7. The van der Waals surface area contributed by atoms with E-state index in [-0.39, 0.29) is 12.4 Å². The molecule has 2 fully saturated rings. The van der Waals surface area contributed by atoms with Gasteiger partial charge in [-0.05, 0) is 19.4 Å². The van der Waals surface area contributed by atoms with Gasteiger partial charge >= 0.3 is 0 Å². The number of Topliss-reactive ketones (excluding diaryl/α,β-unsaturated/α-hetero) is 2. The van der Waals surface area contributed by atoms with Gasteiger partial charge in [0.25, 0.3) is 0 Å². The third-order valence-corrected chi connectivity index (χ3v) is 8.36. The summed E-state index contributed by atoms with van der Waals surface area (Å²) in [5.74, 6) is -3.20. The third-order valence-electron chi connectivity index (χ3n) is 8.36. The van der Waals surface area contributed by atoms with Crippen molar-refractivity contribution in [1.29, 1.82) is 0 Å². The second-order valence-electron chi connectivity index (χ2n) is 11.8. The SMILES string of the molecule is CC1(C)O[C@H]2[C@H](n3cnc4c(N)ncnc43)O[C@](C(=O)c3ccccc3)(C(C=NOCc3ccccc3)C(=O)c3ccccc3)[C@H]2O1. The Morgan fingerprint density at radius 3 is 2.28 bits per heavy atom. The highest BCUT2D eigenvalue weighted by molar-refractivity contribution is 6.15. The summed E-state index contributed by atoms with van der Waals surface area (Å²) in [5, 5.41) is 4.25. The Morgan fingerprint density at radius 2 is 1.57 bits per heavy atom. The number of carbonyl (C=O) groups is 2. The maximum atomic E-state index is 15.0. The molecule has 238 valence electrons. The van der Waals surface area contributed by atoms with Crippen molar-refractivity contribution in [1.82, 2.24) is 19.5 Å². The Labute approximate surface area is 270 Å². The van der Waals surface area contributed by atoms with Gasteiger partial charge in [-0.2, -0.15) is 0 Å². The van der Waals surface area contributed by atoms with E-state index < -0.39 is 47.3 Å². The number of oxime groups is 1. The van der Waals surface area contributed by atoms with E-state index in [1.54, 1.807) is 79.1 Å². The van der Waals surface area contributed by atoms with Crippen molar-refractivity contribution >= 4 is 34.8 Å². The van der Waals surface area contributed by atoms with Gasteiger partial charge in [-0.15, -0.1) is 0 Å². The van der Waals surface area contributed by atoms with E-state index in [0.717, 1.165) is 5.56 Å². The number of nitrogens with two attached hydrogens (primary N) is 1. The highest BCUT2D eigenvalue weighted by atomic mass is 16.8. The molecule has 2 saturated heterocycles. The minimum atomic E-state index is -1.98. The topological polar surface area (TPSA) is 153 Å². The van der Waals surface area contributed by atoms with Crippen LogP contribution in [-0.2, 0) is 25.7 Å². The lowest BCUT2D eigenvalue weighted by atomic mass is 9.74. The van der Waals surface area contributed by atoms with Crippen LogP contribution in [0.1, 0.15) is 46.4 Å². The molecule has 47 heavy (non-hydrogen) atoms. The lowest BCUT2D eigenvalue weighted by Crippen LogP contribution is -2.58. The van der Waals surface area contributed by atoms with Gasteiger partial charge in [-0.1, -0.05) is 96.2 Å². The summed E-state index contributed by atoms with van der Waals surface area (Å²) in [6, 6.07) is 26.8. The Morgan fingerprint density at radius 1 is 0.915 bits per heavy atom. The van der Waals surface area contributed by atoms with Gasteiger partial charge in [-0.25, -0.2) is 15.0 Å². The standard InChI is InChI=1S/C35H32N6O6/c1-34(2)45-28-30(46-34)35(29(43)24-16-10-5-11-17-24,47-33(28)41-21-39-26-31(36)37-20-38-32(26)41)25(27(42)23-14-8-4-9-15-23)18-40-44-19-22-12-6-3-7-13-22/h3-18,20-21,25,28,30,33H,19H2,1-2H3,(H2,36,37,38)/t25?,28-,30+,33-,35+/m1/s1. The number of aromatic nitrogens is 4. The molecule has 0 spiro atoms. The van der Waals surface area contributed by atoms with Crippen LogP contribution in [0.3, 0.4) is 0 Å². The molecule has 1 unspecified atom stereocenters. The first-order chi connectivity index (χ1) is 22.8. The van der Waals surface area contributed by atoms with Crippen molar-refractivity contribution in [2.24, 2.45) is 11.1 Å². The Kier molecular flexibility index (Phi) is 7.84. The smallest absolute Gasteiger partial charge is 0.198 e. The molecular weight excluding hydrogens is 600 g/mol. The number of carbonyl (C=O) groups excluding carboxylic acids is 2. The van der Waals surface area contributed by atoms with Gasteiger partial charge in [0.2, 0.25) is 0 Å². The second kappa shape index (κ2) is 12.1. The van der Waals surface area contributed by atoms with Crippen LogP contribution in [-0.4, -0.2) is 60.9 Å². The van der Waals surface area contributed by atoms with Crippen LogP contribution >= 0.6 is 0 Å². The van der Waals surface area contributed by atoms with Crippen molar-refractivity contribution in [3.63, 3.8) is 0 Å². The first kappa shape index (κ1) is 30.4. The third kappa shape index (κ3) is 5.46. The summed E-state index contributed by atoms with van der Waals surface area (Å²) in [5.41, 5.74) is 6.38. The fourth-order valence-corrected chi connectivity index (χ4v) is 6.27. The number of hydrogen-bond donors (Lipinski definition) is 1. The highest BCUT2D eigenvalue weighted by Crippen LogP contribution is 2.53. The van der Waals surface area contributed by atoms with E-state index in [0.29, 0.717) is 22.3 Å². The quantitative estimate of drug-likeness (QED) is 0.129. The molecule has 2 aliphatic heterocycles. The van der Waals surface area contributed by atoms with Crippen molar-refractivity contribution in [3.05, 3.63) is 120 Å². The molecule has 2 N–H and O–H groups in total. The number of ether oxygens (including phenoxy) is 3. The van der Waals surface area contributed by atoms with E-state index in [1.165, 1.54) is 18.9 Å². The molecule has 4 heterocycles. The maximum Gasteiger partial charge on any atom is 0.198 e. The summed E-state index contributed by atoms with van der Waals surface area (Å²) in [6.45, 7) is 3.64. The van der Waals surface area contributed by atoms with Crippen molar-refractivity contribution < 1.29 is 28.6 Å². The number of ketones is 2. The average molecular weight is 633 g/mol. The van der Waals surface area contributed by atoms with Crippen LogP contribution < -0.4 is 5.73 Å². The number of imidazole rings is 1. The molecule has 7 rings (SSSR count). The summed E-state index contributed by atoms with van der Waals surface area (Å²) in [6.07, 6.45) is 1.18. The number of rotatable bonds is 10. The van der Waals surface area contributed by atoms with Crippen LogP contribution in [0.4, 0.5) is 5.82 Å². The van der Waals surface area contributed by atoms with E-state index in [1.807, 2.05) is 30.3 Å². The predicted molar refractivity (Wildman–Crippen MR) is 171 cm³/mol. The first-order valence-electron chi connectivity index (χ1n) is 15.1. The summed E-state index contributed by atoms with van der Waals surface area (Å²) < 4.78 is 21.5. The van der Waals surface area contributed by atoms with Gasteiger partial charge in [0.05, 0.1) is 12.5 Å². The minimum Gasteiger partial charge on any atom is -0.391 e. The minimum absolute atomic E-state index is 0.146. The van der Waals surface area contributed by atoms with Gasteiger partial charge in [0, 0.05) is 11.1 Å². The molecule has 0 bridgehead atoms. The Hall–Kier alpha value is -5.30. The van der Waals surface area contributed by atoms with Crippen molar-refractivity contribution in [2.45, 2.75) is 50.3 Å². The highest BCUT2D eigenvalue weighted by Gasteiger charge is 2.70. The molecule has 2 aliphatic rings. The first-order valence-corrected chi connectivity index (χ1v) is 15.1. The molecule has 2 aromatic heterocycles. The normalized spacial score (nSPS) is 23.9. The second-order valence-corrected chi connectivity index (χ2v) is 11.8. The molecule has 12 nitrogen and oxygen atoms in total. The largest absolute Gasteiger partial charge is 0.391 e. The number of anilines is 1. The van der Waals surface area contributed by atoms with Crippen LogP contribution in [0.2, 0.25) is 0 Å². The van der Waals surface area contributed by atoms with Crippen LogP contribution in [0.25, 0.3) is 11.2 Å². The summed E-state index contributed by atoms with van der Waals surface area (Å²) in [4.78, 5) is 48.2. The molecular formula is C35H32N6O6.